The molecule has 0 aliphatic carbocycles. The first-order valence-corrected chi connectivity index (χ1v) is 19.5. The number of ether oxygens (including phenoxy) is 1. The maximum absolute atomic E-state index is 12.5. The van der Waals surface area contributed by atoms with Crippen molar-refractivity contribution in [2.24, 2.45) is 0 Å². The number of rotatable bonds is 35. The molecule has 0 bridgehead atoms. The Kier molecular flexibility index (Phi) is 35.1. The Labute approximate surface area is 279 Å². The molecule has 0 aromatic rings. The highest BCUT2D eigenvalue weighted by Gasteiger charge is 2.15. The van der Waals surface area contributed by atoms with Crippen LogP contribution in [-0.4, -0.2) is 23.1 Å². The molecule has 0 saturated carbocycles. The quantitative estimate of drug-likeness (QED) is 0.0430. The SMILES string of the molecule is CCCCC/C=C\C/C=C\CCCC/C=C\CCCCCCCC(=O)OC(CCCCCCCCCCCC)CCCC(=O)O. The van der Waals surface area contributed by atoms with E-state index in [0.29, 0.717) is 19.3 Å². The average molecular weight is 631 g/mol. The van der Waals surface area contributed by atoms with Crippen molar-refractivity contribution in [1.82, 2.24) is 0 Å². The molecule has 0 fully saturated rings. The summed E-state index contributed by atoms with van der Waals surface area (Å²) in [6, 6.07) is 0. The molecular formula is C41H74O4. The number of unbranched alkanes of at least 4 members (excludes halogenated alkanes) is 20. The van der Waals surface area contributed by atoms with Crippen LogP contribution in [0.4, 0.5) is 0 Å². The van der Waals surface area contributed by atoms with Gasteiger partial charge < -0.3 is 9.84 Å². The van der Waals surface area contributed by atoms with E-state index in [1.54, 1.807) is 0 Å². The molecule has 4 heteroatoms. The predicted molar refractivity (Wildman–Crippen MR) is 195 cm³/mol. The van der Waals surface area contributed by atoms with Gasteiger partial charge in [-0.25, -0.2) is 0 Å². The average Bonchev–Trinajstić information content (AvgIpc) is 3.02. The van der Waals surface area contributed by atoms with E-state index in [4.69, 9.17) is 9.84 Å². The molecule has 0 radical (unpaired) electrons. The Bertz CT molecular complexity index is 723. The van der Waals surface area contributed by atoms with Crippen molar-refractivity contribution in [2.75, 3.05) is 0 Å². The predicted octanol–water partition coefficient (Wildman–Crippen LogP) is 13.4. The van der Waals surface area contributed by atoms with E-state index >= 15 is 0 Å². The molecule has 1 unspecified atom stereocenters. The molecule has 0 aromatic carbocycles. The highest BCUT2D eigenvalue weighted by Crippen LogP contribution is 2.18. The summed E-state index contributed by atoms with van der Waals surface area (Å²) >= 11 is 0. The summed E-state index contributed by atoms with van der Waals surface area (Å²) in [5.74, 6) is -0.875. The number of carbonyl (C=O) groups is 2. The van der Waals surface area contributed by atoms with E-state index in [1.807, 2.05) is 0 Å². The van der Waals surface area contributed by atoms with Gasteiger partial charge in [0.2, 0.25) is 0 Å². The third-order valence-electron chi connectivity index (χ3n) is 8.58. The number of hydrogen-bond donors (Lipinski definition) is 1. The summed E-state index contributed by atoms with van der Waals surface area (Å²) in [6.45, 7) is 4.51. The van der Waals surface area contributed by atoms with Crippen LogP contribution in [0, 0.1) is 0 Å². The van der Waals surface area contributed by atoms with Crippen molar-refractivity contribution in [3.63, 3.8) is 0 Å². The van der Waals surface area contributed by atoms with E-state index < -0.39 is 5.97 Å². The molecule has 0 aliphatic rings. The Morgan fingerprint density at radius 3 is 1.44 bits per heavy atom. The number of carboxylic acid groups (broad SMARTS) is 1. The van der Waals surface area contributed by atoms with Crippen molar-refractivity contribution >= 4 is 11.9 Å². The molecule has 1 atom stereocenters. The molecule has 4 nitrogen and oxygen atoms in total. The van der Waals surface area contributed by atoms with Crippen molar-refractivity contribution in [1.29, 1.82) is 0 Å². The summed E-state index contributed by atoms with van der Waals surface area (Å²) < 4.78 is 5.81. The van der Waals surface area contributed by atoms with Gasteiger partial charge in [-0.1, -0.05) is 140 Å². The number of allylic oxidation sites excluding steroid dienone is 6. The lowest BCUT2D eigenvalue weighted by molar-refractivity contribution is -0.150. The summed E-state index contributed by atoms with van der Waals surface area (Å²) in [6.07, 6.45) is 47.3. The van der Waals surface area contributed by atoms with Crippen LogP contribution in [-0.2, 0) is 14.3 Å². The first kappa shape index (κ1) is 43.2. The fourth-order valence-electron chi connectivity index (χ4n) is 5.69. The number of hydrogen-bond acceptors (Lipinski definition) is 3. The lowest BCUT2D eigenvalue weighted by Gasteiger charge is -2.18. The highest BCUT2D eigenvalue weighted by atomic mass is 16.5. The van der Waals surface area contributed by atoms with Crippen LogP contribution in [0.25, 0.3) is 0 Å². The lowest BCUT2D eigenvalue weighted by Crippen LogP contribution is -2.18. The largest absolute Gasteiger partial charge is 0.481 e. The highest BCUT2D eigenvalue weighted by molar-refractivity contribution is 5.69. The van der Waals surface area contributed by atoms with E-state index in [2.05, 4.69) is 50.3 Å². The van der Waals surface area contributed by atoms with Crippen LogP contribution in [0.2, 0.25) is 0 Å². The van der Waals surface area contributed by atoms with Gasteiger partial charge in [0.25, 0.3) is 0 Å². The van der Waals surface area contributed by atoms with Crippen molar-refractivity contribution in [2.45, 2.75) is 213 Å². The van der Waals surface area contributed by atoms with Gasteiger partial charge in [-0.05, 0) is 89.9 Å². The van der Waals surface area contributed by atoms with E-state index in [9.17, 15) is 9.59 Å². The molecule has 0 amide bonds. The van der Waals surface area contributed by atoms with Gasteiger partial charge in [0.15, 0.2) is 0 Å². The zero-order chi connectivity index (χ0) is 32.9. The molecule has 0 aromatic heterocycles. The normalized spacial score (nSPS) is 12.6. The summed E-state index contributed by atoms with van der Waals surface area (Å²) in [5.41, 5.74) is 0. The third-order valence-corrected chi connectivity index (χ3v) is 8.58. The van der Waals surface area contributed by atoms with Crippen LogP contribution in [0.1, 0.15) is 206 Å². The van der Waals surface area contributed by atoms with Gasteiger partial charge >= 0.3 is 11.9 Å². The van der Waals surface area contributed by atoms with Gasteiger partial charge in [0.1, 0.15) is 6.10 Å². The molecule has 0 aliphatic heterocycles. The minimum absolute atomic E-state index is 0.101. The van der Waals surface area contributed by atoms with Crippen molar-refractivity contribution in [3.05, 3.63) is 36.5 Å². The molecule has 0 heterocycles. The minimum atomic E-state index is -0.773. The van der Waals surface area contributed by atoms with Crippen molar-refractivity contribution < 1.29 is 19.4 Å². The molecule has 0 rings (SSSR count). The molecule has 262 valence electrons. The Balaban J connectivity index is 3.78. The second-order valence-electron chi connectivity index (χ2n) is 13.1. The minimum Gasteiger partial charge on any atom is -0.481 e. The standard InChI is InChI=1S/C41H74O4/c1-3-5-7-9-11-13-15-16-17-18-19-20-21-22-23-24-25-27-29-31-33-38-41(44)45-39(36-34-37-40(42)43)35-32-30-28-26-14-12-10-8-6-4-2/h11,13,16-17,22-23,39H,3-10,12,14-15,18-21,24-38H2,1-2H3,(H,42,43)/b13-11-,17-16-,23-22-. The Hall–Kier alpha value is -1.84. The third kappa shape index (κ3) is 36.5. The van der Waals surface area contributed by atoms with E-state index in [0.717, 1.165) is 38.5 Å². The molecule has 0 saturated heterocycles. The molecular weight excluding hydrogens is 556 g/mol. The molecule has 0 spiro atoms. The van der Waals surface area contributed by atoms with E-state index in [1.165, 1.54) is 128 Å². The zero-order valence-electron chi connectivity index (χ0n) is 29.9. The fraction of sp³-hybridized carbons (Fsp3) is 0.805. The smallest absolute Gasteiger partial charge is 0.306 e. The van der Waals surface area contributed by atoms with Gasteiger partial charge in [-0.15, -0.1) is 0 Å². The lowest BCUT2D eigenvalue weighted by atomic mass is 10.0. The van der Waals surface area contributed by atoms with Crippen LogP contribution in [0.3, 0.4) is 0 Å². The number of aliphatic carboxylic acids is 1. The van der Waals surface area contributed by atoms with Crippen LogP contribution in [0.15, 0.2) is 36.5 Å². The van der Waals surface area contributed by atoms with Crippen LogP contribution >= 0.6 is 0 Å². The topological polar surface area (TPSA) is 63.6 Å². The van der Waals surface area contributed by atoms with Crippen LogP contribution < -0.4 is 0 Å². The number of carbonyl (C=O) groups excluding carboxylic acids is 1. The van der Waals surface area contributed by atoms with Gasteiger partial charge in [0, 0.05) is 12.8 Å². The Morgan fingerprint density at radius 1 is 0.489 bits per heavy atom. The first-order chi connectivity index (χ1) is 22.1. The Morgan fingerprint density at radius 2 is 0.889 bits per heavy atom. The fourth-order valence-corrected chi connectivity index (χ4v) is 5.69. The second kappa shape index (κ2) is 36.6. The first-order valence-electron chi connectivity index (χ1n) is 19.5. The number of carboxylic acids is 1. The molecule has 1 N–H and O–H groups in total. The maximum atomic E-state index is 12.5. The number of esters is 1. The van der Waals surface area contributed by atoms with Crippen molar-refractivity contribution in [3.8, 4) is 0 Å². The van der Waals surface area contributed by atoms with Crippen LogP contribution in [0.5, 0.6) is 0 Å². The zero-order valence-corrected chi connectivity index (χ0v) is 29.9. The summed E-state index contributed by atoms with van der Waals surface area (Å²) in [4.78, 5) is 23.4. The second-order valence-corrected chi connectivity index (χ2v) is 13.1. The van der Waals surface area contributed by atoms with Gasteiger partial charge in [-0.2, -0.15) is 0 Å². The summed E-state index contributed by atoms with van der Waals surface area (Å²) in [7, 11) is 0. The maximum Gasteiger partial charge on any atom is 0.306 e. The monoisotopic (exact) mass is 631 g/mol. The van der Waals surface area contributed by atoms with Gasteiger partial charge in [0.05, 0.1) is 0 Å². The van der Waals surface area contributed by atoms with E-state index in [-0.39, 0.29) is 18.5 Å². The van der Waals surface area contributed by atoms with Gasteiger partial charge in [-0.3, -0.25) is 9.59 Å². The molecule has 45 heavy (non-hydrogen) atoms. The summed E-state index contributed by atoms with van der Waals surface area (Å²) in [5, 5.41) is 8.99.